The quantitative estimate of drug-likeness (QED) is 0.144. The number of hydrogen-bond acceptors (Lipinski definition) is 2. The van der Waals surface area contributed by atoms with Gasteiger partial charge in [-0.25, -0.2) is 0 Å². The van der Waals surface area contributed by atoms with Crippen LogP contribution in [0.3, 0.4) is 0 Å². The number of aromatic nitrogens is 3. The molecule has 1 aliphatic carbocycles. The first kappa shape index (κ1) is 67.2. The van der Waals surface area contributed by atoms with E-state index in [1.54, 1.807) is 0 Å². The van der Waals surface area contributed by atoms with E-state index in [2.05, 4.69) is 388 Å². The van der Waals surface area contributed by atoms with Gasteiger partial charge in [-0.15, -0.1) is 0 Å². The van der Waals surface area contributed by atoms with Gasteiger partial charge in [0.05, 0.1) is 78.2 Å². The molecule has 22 rings (SSSR count). The Balaban J connectivity index is 0.922. The lowest BCUT2D eigenvalue weighted by Crippen LogP contribution is -2.30. The van der Waals surface area contributed by atoms with Crippen molar-refractivity contribution in [3.05, 3.63) is 401 Å². The van der Waals surface area contributed by atoms with Gasteiger partial charge in [0, 0.05) is 66.8 Å². The van der Waals surface area contributed by atoms with E-state index in [0.29, 0.717) is 11.1 Å². The van der Waals surface area contributed by atoms with E-state index in [9.17, 15) is 11.0 Å². The van der Waals surface area contributed by atoms with Crippen molar-refractivity contribution in [2.75, 3.05) is 9.80 Å². The largest absolute Gasteiger partial charge is 0.310 e. The van der Waals surface area contributed by atoms with Crippen molar-refractivity contribution in [2.24, 2.45) is 0 Å². The fourth-order valence-electron chi connectivity index (χ4n) is 20.2. The highest BCUT2D eigenvalue weighted by atomic mass is 15.2. The predicted octanol–water partition coefficient (Wildman–Crippen LogP) is 32.4. The van der Waals surface area contributed by atoms with Gasteiger partial charge in [-0.05, 0) is 242 Å². The van der Waals surface area contributed by atoms with Crippen LogP contribution in [0, 0.1) is 0 Å². The molecule has 0 fully saturated rings. The molecule has 5 heterocycles. The lowest BCUT2D eigenvalue weighted by Gasteiger charge is -2.46. The number of para-hydroxylation sites is 3. The molecular weight excluding hydrogens is 1490 g/mol. The summed E-state index contributed by atoms with van der Waals surface area (Å²) in [6.45, 7) is 34.5. The van der Waals surface area contributed by atoms with Crippen LogP contribution in [0.15, 0.2) is 340 Å². The monoisotopic (exact) mass is 1600 g/mol. The van der Waals surface area contributed by atoms with Gasteiger partial charge >= 0.3 is 0 Å². The number of anilines is 6. The van der Waals surface area contributed by atoms with Crippen LogP contribution >= 0.6 is 0 Å². The molecule has 16 aromatic carbocycles. The summed E-state index contributed by atoms with van der Waals surface area (Å²) < 4.78 is 83.9. The SMILES string of the molecule is [2H]c1c([2H])c([2H])c2c(c1[2H])-c1c([2H])c([2H])c([2H])c([2H])c1C2c1cccc2c3cccc(N4c5cc(-c6cccc(C(C)(C)C)c6)ccc5C5c6ccc(-n7c8ccc(C(C)(C)C)cc8c8cc(C(C)(C)C)ccc87)cc6N(c6cc(-c7ccccc7)cc(-c7ccccc7)c6)c6cc(-n7c8ccc(C(C)(C)C)cc8c8cc(C(C)(C)C)ccc87)cc4c65)c3n(-c3ccccc3)c12. The minimum Gasteiger partial charge on any atom is -0.310 e. The first-order valence-corrected chi connectivity index (χ1v) is 43.4. The van der Waals surface area contributed by atoms with Crippen molar-refractivity contribution >= 4 is 99.5 Å². The Labute approximate surface area is 734 Å². The molecule has 0 N–H and O–H groups in total. The van der Waals surface area contributed by atoms with Crippen molar-refractivity contribution < 1.29 is 11.0 Å². The molecule has 0 bridgehead atoms. The Kier molecular flexibility index (Phi) is 15.0. The molecule has 5 heteroatoms. The zero-order valence-corrected chi connectivity index (χ0v) is 72.6. The standard InChI is InChI=1S/C118H103N5/c1-114(2,3)78-37-29-36-74(61-78)75-48-54-93-105(64-75)123(104-47-31-45-92-91-44-30-46-95(112(91)122(113(92)104)83-38-23-18-24-39-83)109-89-42-27-25-40-87(89)88-41-26-28-43-90(88)109)108-71-86(120-102-58-51-81(117(10,11)12)67-98(102)99-68-82(118(13,14)15)52-59-103(99)120)70-107-111(108)110(93)94-55-53-84(119-100-56-49-79(115(4,5)6)65-96(100)97-66-80(116(7,8)9)50-57-101(97)119)69-106(94)121(107)85-62-76(72-32-19-16-20-33-72)60-77(63-85)73-34-21-17-22-35-73/h16-71,109-110H,1-15H3/i25D,26D,27D,28D,40D,41D,42D,43D. The second-order valence-electron chi connectivity index (χ2n) is 39.5. The summed E-state index contributed by atoms with van der Waals surface area (Å²) in [6.07, 6.45) is 0. The number of fused-ring (bicyclic) bond motifs is 16. The highest BCUT2D eigenvalue weighted by Crippen LogP contribution is 2.64. The van der Waals surface area contributed by atoms with Crippen LogP contribution in [0.4, 0.5) is 34.1 Å². The molecule has 1 unspecified atom stereocenters. The Hall–Kier alpha value is -13.5. The molecule has 0 saturated carbocycles. The fraction of sp³-hybridized carbons (Fsp3) is 0.186. The van der Waals surface area contributed by atoms with E-state index in [1.165, 1.54) is 38.6 Å². The first-order valence-electron chi connectivity index (χ1n) is 47.4. The van der Waals surface area contributed by atoms with Crippen LogP contribution in [0.2, 0.25) is 0 Å². The van der Waals surface area contributed by atoms with E-state index < -0.39 is 36.0 Å². The lowest BCUT2D eigenvalue weighted by atomic mass is 9.75. The topological polar surface area (TPSA) is 21.3 Å². The van der Waals surface area contributed by atoms with Gasteiger partial charge in [0.2, 0.25) is 0 Å². The van der Waals surface area contributed by atoms with E-state index in [1.807, 2.05) is 30.3 Å². The third kappa shape index (κ3) is 12.1. The van der Waals surface area contributed by atoms with Gasteiger partial charge in [0.25, 0.3) is 0 Å². The Bertz CT molecular complexity index is 7830. The van der Waals surface area contributed by atoms with Crippen molar-refractivity contribution in [3.63, 3.8) is 0 Å². The normalized spacial score (nSPS) is 15.1. The summed E-state index contributed by atoms with van der Waals surface area (Å²) in [5.41, 5.74) is 30.7. The number of benzene rings is 16. The molecule has 0 spiro atoms. The van der Waals surface area contributed by atoms with Crippen molar-refractivity contribution in [2.45, 2.75) is 143 Å². The maximum absolute atomic E-state index is 9.99. The predicted molar refractivity (Wildman–Crippen MR) is 522 cm³/mol. The molecule has 1 atom stereocenters. The van der Waals surface area contributed by atoms with Crippen molar-refractivity contribution in [3.8, 4) is 61.6 Å². The first-order chi connectivity index (χ1) is 62.5. The van der Waals surface area contributed by atoms with E-state index >= 15 is 0 Å². The average Bonchev–Trinajstić information content (AvgIpc) is 1.68. The number of nitrogens with zero attached hydrogens (tertiary/aromatic N) is 5. The van der Waals surface area contributed by atoms with Crippen LogP contribution in [0.1, 0.15) is 188 Å². The number of hydrogen-bond donors (Lipinski definition) is 0. The Morgan fingerprint density at radius 2 is 0.642 bits per heavy atom. The zero-order chi connectivity index (χ0) is 91.2. The van der Waals surface area contributed by atoms with Crippen molar-refractivity contribution in [1.29, 1.82) is 0 Å². The van der Waals surface area contributed by atoms with E-state index in [-0.39, 0.29) is 73.5 Å². The Morgan fingerprint density at radius 3 is 1.15 bits per heavy atom. The lowest BCUT2D eigenvalue weighted by molar-refractivity contribution is 0.590. The molecule has 123 heavy (non-hydrogen) atoms. The van der Waals surface area contributed by atoms with Crippen LogP contribution in [0.25, 0.3) is 127 Å². The van der Waals surface area contributed by atoms with Gasteiger partial charge in [-0.1, -0.05) is 328 Å². The van der Waals surface area contributed by atoms with Gasteiger partial charge in [0.15, 0.2) is 0 Å². The van der Waals surface area contributed by atoms with E-state index in [4.69, 9.17) is 0 Å². The zero-order valence-electron chi connectivity index (χ0n) is 80.6. The fourth-order valence-corrected chi connectivity index (χ4v) is 20.2. The summed E-state index contributed by atoms with van der Waals surface area (Å²) in [5.74, 6) is -1.51. The summed E-state index contributed by atoms with van der Waals surface area (Å²) in [6, 6.07) is 106. The summed E-state index contributed by atoms with van der Waals surface area (Å²) in [5, 5.41) is 6.45. The molecule has 3 aliphatic rings. The van der Waals surface area contributed by atoms with Gasteiger partial charge in [-0.2, -0.15) is 0 Å². The highest BCUT2D eigenvalue weighted by Gasteiger charge is 2.44. The van der Waals surface area contributed by atoms with Gasteiger partial charge in [-0.3, -0.25) is 0 Å². The molecular formula is C118H103N5. The summed E-state index contributed by atoms with van der Waals surface area (Å²) in [4.78, 5) is 5.17. The average molecular weight is 1600 g/mol. The molecule has 19 aromatic rings. The maximum Gasteiger partial charge on any atom is 0.0782 e. The van der Waals surface area contributed by atoms with Crippen LogP contribution < -0.4 is 9.80 Å². The third-order valence-electron chi connectivity index (χ3n) is 26.6. The minimum absolute atomic E-state index is 0.0783. The molecule has 3 aromatic heterocycles. The summed E-state index contributed by atoms with van der Waals surface area (Å²) in [7, 11) is 0. The van der Waals surface area contributed by atoms with E-state index in [0.717, 1.165) is 150 Å². The second kappa shape index (κ2) is 27.5. The van der Waals surface area contributed by atoms with Gasteiger partial charge < -0.3 is 23.5 Å². The smallest absolute Gasteiger partial charge is 0.0782 e. The Morgan fingerprint density at radius 1 is 0.228 bits per heavy atom. The molecule has 0 saturated heterocycles. The molecule has 2 aliphatic heterocycles. The minimum atomic E-state index is -1.09. The molecule has 600 valence electrons. The molecule has 0 radical (unpaired) electrons. The van der Waals surface area contributed by atoms with Crippen LogP contribution in [0.5, 0.6) is 0 Å². The van der Waals surface area contributed by atoms with Crippen molar-refractivity contribution in [1.82, 2.24) is 13.7 Å². The highest BCUT2D eigenvalue weighted by molar-refractivity contribution is 6.18. The number of rotatable bonds is 9. The second-order valence-corrected chi connectivity index (χ2v) is 39.5. The maximum atomic E-state index is 9.99. The van der Waals surface area contributed by atoms with Crippen LogP contribution in [-0.4, -0.2) is 13.7 Å². The van der Waals surface area contributed by atoms with Gasteiger partial charge in [0.1, 0.15) is 0 Å². The third-order valence-corrected chi connectivity index (χ3v) is 26.6. The summed E-state index contributed by atoms with van der Waals surface area (Å²) >= 11 is 0. The molecule has 5 nitrogen and oxygen atoms in total. The van der Waals surface area contributed by atoms with Crippen LogP contribution in [-0.2, 0) is 27.1 Å². The molecule has 0 amide bonds.